The van der Waals surface area contributed by atoms with E-state index in [1.165, 1.54) is 4.31 Å². The van der Waals surface area contributed by atoms with Gasteiger partial charge in [0.2, 0.25) is 10.0 Å². The van der Waals surface area contributed by atoms with Crippen LogP contribution < -0.4 is 5.32 Å². The Balaban J connectivity index is 0.00000225. The van der Waals surface area contributed by atoms with E-state index < -0.39 is 10.0 Å². The lowest BCUT2D eigenvalue weighted by Crippen LogP contribution is -2.32. The number of rotatable bonds is 5. The van der Waals surface area contributed by atoms with Crippen molar-refractivity contribution in [3.63, 3.8) is 0 Å². The number of hydrogen-bond acceptors (Lipinski definition) is 3. The summed E-state index contributed by atoms with van der Waals surface area (Å²) in [4.78, 5) is 0.337. The van der Waals surface area contributed by atoms with E-state index in [1.54, 1.807) is 44.4 Å². The fourth-order valence-electron chi connectivity index (χ4n) is 1.16. The molecular formula is C10H17ClN2O2S. The van der Waals surface area contributed by atoms with Crippen LogP contribution in [0.15, 0.2) is 35.2 Å². The summed E-state index contributed by atoms with van der Waals surface area (Å²) in [5, 5.41) is 2.92. The molecule has 0 saturated heterocycles. The van der Waals surface area contributed by atoms with Crippen molar-refractivity contribution >= 4 is 22.4 Å². The molecule has 92 valence electrons. The van der Waals surface area contributed by atoms with Gasteiger partial charge in [-0.25, -0.2) is 8.42 Å². The molecular weight excluding hydrogens is 248 g/mol. The number of likely N-dealkylation sites (N-methyl/N-ethyl adjacent to an activating group) is 2. The van der Waals surface area contributed by atoms with Gasteiger partial charge < -0.3 is 5.32 Å². The summed E-state index contributed by atoms with van der Waals surface area (Å²) in [6.45, 7) is 1.11. The first-order valence-electron chi connectivity index (χ1n) is 4.75. The molecule has 0 bridgehead atoms. The Morgan fingerprint density at radius 2 is 1.81 bits per heavy atom. The standard InChI is InChI=1S/C10H16N2O2S.ClH/c1-11-8-9-12(2)15(13,14)10-6-4-3-5-7-10;/h3-7,11H,8-9H2,1-2H3;1H. The van der Waals surface area contributed by atoms with Gasteiger partial charge in [0.05, 0.1) is 4.90 Å². The molecule has 0 aliphatic carbocycles. The minimum absolute atomic E-state index is 0. The zero-order valence-corrected chi connectivity index (χ0v) is 11.0. The molecule has 0 fully saturated rings. The van der Waals surface area contributed by atoms with Gasteiger partial charge in [-0.2, -0.15) is 4.31 Å². The lowest BCUT2D eigenvalue weighted by molar-refractivity contribution is 0.466. The predicted octanol–water partition coefficient (Wildman–Crippen LogP) is 0.948. The normalized spacial score (nSPS) is 11.2. The van der Waals surface area contributed by atoms with Gasteiger partial charge in [0, 0.05) is 20.1 Å². The van der Waals surface area contributed by atoms with E-state index in [2.05, 4.69) is 5.32 Å². The molecule has 0 saturated carbocycles. The molecule has 0 amide bonds. The molecule has 0 atom stereocenters. The van der Waals surface area contributed by atoms with Crippen molar-refractivity contribution < 1.29 is 8.42 Å². The second-order valence-electron chi connectivity index (χ2n) is 3.24. The molecule has 1 aromatic rings. The molecule has 1 N–H and O–H groups in total. The topological polar surface area (TPSA) is 49.4 Å². The lowest BCUT2D eigenvalue weighted by Gasteiger charge is -2.16. The van der Waals surface area contributed by atoms with Gasteiger partial charge in [0.25, 0.3) is 0 Å². The largest absolute Gasteiger partial charge is 0.318 e. The highest BCUT2D eigenvalue weighted by Crippen LogP contribution is 2.12. The fourth-order valence-corrected chi connectivity index (χ4v) is 2.35. The van der Waals surface area contributed by atoms with Crippen LogP contribution in [0.3, 0.4) is 0 Å². The Morgan fingerprint density at radius 3 is 2.31 bits per heavy atom. The summed E-state index contributed by atoms with van der Waals surface area (Å²) in [5.74, 6) is 0. The van der Waals surface area contributed by atoms with E-state index in [0.29, 0.717) is 18.0 Å². The first-order valence-corrected chi connectivity index (χ1v) is 6.19. The quantitative estimate of drug-likeness (QED) is 0.862. The van der Waals surface area contributed by atoms with Crippen molar-refractivity contribution in [1.29, 1.82) is 0 Å². The van der Waals surface area contributed by atoms with Crippen LogP contribution in [0.5, 0.6) is 0 Å². The highest BCUT2D eigenvalue weighted by molar-refractivity contribution is 7.89. The predicted molar refractivity (Wildman–Crippen MR) is 67.4 cm³/mol. The van der Waals surface area contributed by atoms with Crippen molar-refractivity contribution in [3.8, 4) is 0 Å². The fraction of sp³-hybridized carbons (Fsp3) is 0.400. The number of hydrogen-bond donors (Lipinski definition) is 1. The molecule has 0 aliphatic heterocycles. The highest BCUT2D eigenvalue weighted by Gasteiger charge is 2.19. The maximum Gasteiger partial charge on any atom is 0.242 e. The van der Waals surface area contributed by atoms with Gasteiger partial charge in [0.15, 0.2) is 0 Å². The number of benzene rings is 1. The maximum atomic E-state index is 11.9. The summed E-state index contributed by atoms with van der Waals surface area (Å²) < 4.78 is 25.2. The van der Waals surface area contributed by atoms with Gasteiger partial charge in [-0.05, 0) is 19.2 Å². The number of nitrogens with zero attached hydrogens (tertiary/aromatic N) is 1. The Morgan fingerprint density at radius 1 is 1.25 bits per heavy atom. The summed E-state index contributed by atoms with van der Waals surface area (Å²) in [7, 11) is 0.0597. The van der Waals surface area contributed by atoms with Crippen LogP contribution in [0.25, 0.3) is 0 Å². The summed E-state index contributed by atoms with van der Waals surface area (Å²) in [6.07, 6.45) is 0. The average Bonchev–Trinajstić information content (AvgIpc) is 2.27. The van der Waals surface area contributed by atoms with E-state index in [9.17, 15) is 8.42 Å². The van der Waals surface area contributed by atoms with Crippen molar-refractivity contribution in [2.24, 2.45) is 0 Å². The molecule has 0 unspecified atom stereocenters. The SMILES string of the molecule is CNCCN(C)S(=O)(=O)c1ccccc1.Cl. The average molecular weight is 265 g/mol. The van der Waals surface area contributed by atoms with Crippen LogP contribution in [-0.2, 0) is 10.0 Å². The third-order valence-electron chi connectivity index (χ3n) is 2.13. The molecule has 16 heavy (non-hydrogen) atoms. The monoisotopic (exact) mass is 264 g/mol. The van der Waals surface area contributed by atoms with E-state index in [-0.39, 0.29) is 12.4 Å². The molecule has 0 aromatic heterocycles. The first kappa shape index (κ1) is 15.4. The summed E-state index contributed by atoms with van der Waals surface area (Å²) in [5.41, 5.74) is 0. The zero-order valence-electron chi connectivity index (χ0n) is 9.38. The lowest BCUT2D eigenvalue weighted by atomic mass is 10.4. The van der Waals surface area contributed by atoms with E-state index in [1.807, 2.05) is 0 Å². The molecule has 0 radical (unpaired) electrons. The van der Waals surface area contributed by atoms with Crippen molar-refractivity contribution in [3.05, 3.63) is 30.3 Å². The van der Waals surface area contributed by atoms with Crippen LogP contribution in [0.4, 0.5) is 0 Å². The number of sulfonamides is 1. The van der Waals surface area contributed by atoms with Gasteiger partial charge in [-0.3, -0.25) is 0 Å². The zero-order chi connectivity index (χ0) is 11.3. The molecule has 0 heterocycles. The smallest absolute Gasteiger partial charge is 0.242 e. The maximum absolute atomic E-state index is 11.9. The van der Waals surface area contributed by atoms with Gasteiger partial charge in [-0.15, -0.1) is 12.4 Å². The molecule has 4 nitrogen and oxygen atoms in total. The summed E-state index contributed by atoms with van der Waals surface area (Å²) >= 11 is 0. The van der Waals surface area contributed by atoms with Crippen LogP contribution in [-0.4, -0.2) is 39.9 Å². The van der Waals surface area contributed by atoms with Crippen LogP contribution >= 0.6 is 12.4 Å². The third-order valence-corrected chi connectivity index (χ3v) is 4.00. The summed E-state index contributed by atoms with van der Waals surface area (Å²) in [6, 6.07) is 8.45. The van der Waals surface area contributed by atoms with Crippen LogP contribution in [0, 0.1) is 0 Å². The minimum Gasteiger partial charge on any atom is -0.318 e. The second-order valence-corrected chi connectivity index (χ2v) is 5.29. The van der Waals surface area contributed by atoms with Gasteiger partial charge >= 0.3 is 0 Å². The van der Waals surface area contributed by atoms with E-state index in [4.69, 9.17) is 0 Å². The van der Waals surface area contributed by atoms with Crippen molar-refractivity contribution in [2.45, 2.75) is 4.90 Å². The molecule has 1 rings (SSSR count). The Bertz CT molecular complexity index is 395. The molecule has 6 heteroatoms. The van der Waals surface area contributed by atoms with Crippen molar-refractivity contribution in [1.82, 2.24) is 9.62 Å². The minimum atomic E-state index is -3.32. The molecule has 0 spiro atoms. The van der Waals surface area contributed by atoms with Crippen LogP contribution in [0.1, 0.15) is 0 Å². The van der Waals surface area contributed by atoms with E-state index in [0.717, 1.165) is 0 Å². The number of nitrogens with one attached hydrogen (secondary N) is 1. The van der Waals surface area contributed by atoms with Crippen LogP contribution in [0.2, 0.25) is 0 Å². The molecule has 1 aromatic carbocycles. The third kappa shape index (κ3) is 3.75. The Hall–Kier alpha value is -0.620. The van der Waals surface area contributed by atoms with Gasteiger partial charge in [0.1, 0.15) is 0 Å². The Kier molecular flexibility index (Phi) is 6.59. The molecule has 0 aliphatic rings. The Labute approximate surface area is 103 Å². The van der Waals surface area contributed by atoms with E-state index >= 15 is 0 Å². The number of halogens is 1. The first-order chi connectivity index (χ1) is 7.09. The highest BCUT2D eigenvalue weighted by atomic mass is 35.5. The van der Waals surface area contributed by atoms with Gasteiger partial charge in [-0.1, -0.05) is 18.2 Å². The second kappa shape index (κ2) is 6.85. The van der Waals surface area contributed by atoms with Crippen molar-refractivity contribution in [2.75, 3.05) is 27.2 Å².